The van der Waals surface area contributed by atoms with Gasteiger partial charge < -0.3 is 15.1 Å². The molecular weight excluding hydrogens is 597 g/mol. The van der Waals surface area contributed by atoms with Crippen LogP contribution in [0, 0.1) is 5.92 Å². The molecule has 5 heterocycles. The summed E-state index contributed by atoms with van der Waals surface area (Å²) in [5, 5.41) is 6.12. The number of hydrogen-bond acceptors (Lipinski definition) is 7. The molecule has 2 saturated heterocycles. The topological polar surface area (TPSA) is 108 Å². The molecule has 1 unspecified atom stereocenters. The molecule has 230 valence electrons. The zero-order valence-electron chi connectivity index (χ0n) is 23.7. The van der Waals surface area contributed by atoms with Crippen LogP contribution in [0.2, 0.25) is 5.02 Å². The van der Waals surface area contributed by atoms with E-state index in [2.05, 4.69) is 20.6 Å². The van der Waals surface area contributed by atoms with Crippen LogP contribution in [0.4, 0.5) is 19.0 Å². The predicted molar refractivity (Wildman–Crippen MR) is 157 cm³/mol. The highest BCUT2D eigenvalue weighted by Gasteiger charge is 2.40. The summed E-state index contributed by atoms with van der Waals surface area (Å²) < 4.78 is 42.2. The number of nitrogens with zero attached hydrogens (tertiary/aromatic N) is 4. The Hall–Kier alpha value is -4.03. The minimum atomic E-state index is -4.55. The third-order valence-corrected chi connectivity index (χ3v) is 8.65. The van der Waals surface area contributed by atoms with E-state index in [-0.39, 0.29) is 36.5 Å². The van der Waals surface area contributed by atoms with Crippen LogP contribution in [0.25, 0.3) is 11.1 Å². The lowest BCUT2D eigenvalue weighted by molar-refractivity contribution is -0.138. The number of halogens is 4. The van der Waals surface area contributed by atoms with Gasteiger partial charge in [0.2, 0.25) is 11.8 Å². The van der Waals surface area contributed by atoms with Gasteiger partial charge in [0.1, 0.15) is 11.9 Å². The van der Waals surface area contributed by atoms with Crippen molar-refractivity contribution in [1.29, 1.82) is 0 Å². The number of aromatic nitrogens is 2. The van der Waals surface area contributed by atoms with Gasteiger partial charge in [-0.15, -0.1) is 0 Å². The van der Waals surface area contributed by atoms with E-state index in [9.17, 15) is 27.6 Å². The number of benzene rings is 1. The number of alkyl halides is 3. The Morgan fingerprint density at radius 3 is 2.55 bits per heavy atom. The van der Waals surface area contributed by atoms with E-state index in [1.165, 1.54) is 11.1 Å². The van der Waals surface area contributed by atoms with Crippen LogP contribution in [0.3, 0.4) is 0 Å². The number of pyridine rings is 2. The van der Waals surface area contributed by atoms with Gasteiger partial charge in [-0.25, -0.2) is 4.98 Å². The second-order valence-corrected chi connectivity index (χ2v) is 11.8. The second-order valence-electron chi connectivity index (χ2n) is 11.4. The van der Waals surface area contributed by atoms with Crippen molar-refractivity contribution < 1.29 is 27.6 Å². The number of anilines is 1. The van der Waals surface area contributed by atoms with Crippen LogP contribution in [0.15, 0.2) is 48.7 Å². The van der Waals surface area contributed by atoms with Crippen molar-refractivity contribution in [1.82, 2.24) is 25.5 Å². The SMILES string of the molecule is O=C1CCC(N2Cc3nc(CNCC4CCN(c5ncc(-c6cccc(Cl)c6)cc5C(F)(F)F)CC4)ccc3C2=O)C(=O)N1. The number of amides is 3. The van der Waals surface area contributed by atoms with E-state index >= 15 is 0 Å². The van der Waals surface area contributed by atoms with Gasteiger partial charge in [-0.1, -0.05) is 23.7 Å². The molecule has 3 aliphatic heterocycles. The molecule has 1 atom stereocenters. The van der Waals surface area contributed by atoms with Crippen molar-refractivity contribution in [3.63, 3.8) is 0 Å². The molecule has 0 aliphatic carbocycles. The molecule has 0 bridgehead atoms. The van der Waals surface area contributed by atoms with Gasteiger partial charge in [0, 0.05) is 42.8 Å². The fourth-order valence-corrected chi connectivity index (χ4v) is 6.27. The lowest BCUT2D eigenvalue weighted by Crippen LogP contribution is -2.52. The number of carbonyl (C=O) groups excluding carboxylic acids is 3. The summed E-state index contributed by atoms with van der Waals surface area (Å²) in [6, 6.07) is 10.6. The zero-order chi connectivity index (χ0) is 31.0. The molecule has 2 fully saturated rings. The van der Waals surface area contributed by atoms with Gasteiger partial charge in [-0.05, 0) is 67.6 Å². The fourth-order valence-electron chi connectivity index (χ4n) is 6.08. The number of piperidine rings is 2. The third-order valence-electron chi connectivity index (χ3n) is 8.41. The summed E-state index contributed by atoms with van der Waals surface area (Å²) in [5.41, 5.74) is 1.97. The largest absolute Gasteiger partial charge is 0.419 e. The van der Waals surface area contributed by atoms with Gasteiger partial charge in [0.15, 0.2) is 0 Å². The smallest absolute Gasteiger partial charge is 0.356 e. The molecule has 0 saturated carbocycles. The molecule has 0 radical (unpaired) electrons. The van der Waals surface area contributed by atoms with Gasteiger partial charge in [0.25, 0.3) is 5.91 Å². The highest BCUT2D eigenvalue weighted by atomic mass is 35.5. The molecule has 1 aromatic carbocycles. The quantitative estimate of drug-likeness (QED) is 0.370. The Morgan fingerprint density at radius 1 is 1.02 bits per heavy atom. The van der Waals surface area contributed by atoms with Crippen molar-refractivity contribution in [2.75, 3.05) is 24.5 Å². The summed E-state index contributed by atoms with van der Waals surface area (Å²) >= 11 is 6.04. The molecular formula is C31H30ClF3N6O3. The number of nitrogens with one attached hydrogen (secondary N) is 2. The standard InChI is InChI=1S/C31H30ClF3N6O3/c32-21-3-1-2-19(12-21)20-13-24(31(33,34)35)28(37-15-20)40-10-8-18(9-11-40)14-36-16-22-4-5-23-25(38-22)17-41(30(23)44)26-6-7-27(42)39-29(26)43/h1-5,12-13,15,18,26,36H,6-11,14,16-17H2,(H,39,42,43). The predicted octanol–water partition coefficient (Wildman–Crippen LogP) is 4.58. The maximum atomic E-state index is 14.1. The molecule has 3 amide bonds. The third kappa shape index (κ3) is 6.27. The summed E-state index contributed by atoms with van der Waals surface area (Å²) in [5.74, 6) is -0.854. The lowest BCUT2D eigenvalue weighted by atomic mass is 9.96. The Kier molecular flexibility index (Phi) is 8.30. The van der Waals surface area contributed by atoms with Crippen LogP contribution in [0.1, 0.15) is 53.0 Å². The molecule has 9 nitrogen and oxygen atoms in total. The van der Waals surface area contributed by atoms with Crippen LogP contribution >= 0.6 is 11.6 Å². The normalized spacial score (nSPS) is 19.4. The Bertz CT molecular complexity index is 1610. The number of imide groups is 1. The van der Waals surface area contributed by atoms with Gasteiger partial charge in [-0.2, -0.15) is 13.2 Å². The highest BCUT2D eigenvalue weighted by molar-refractivity contribution is 6.30. The maximum Gasteiger partial charge on any atom is 0.419 e. The molecule has 3 aliphatic rings. The Balaban J connectivity index is 1.03. The van der Waals surface area contributed by atoms with Crippen molar-refractivity contribution in [3.8, 4) is 11.1 Å². The Morgan fingerprint density at radius 2 is 1.82 bits per heavy atom. The van der Waals surface area contributed by atoms with Crippen LogP contribution < -0.4 is 15.5 Å². The summed E-state index contributed by atoms with van der Waals surface area (Å²) in [7, 11) is 0. The number of hydrogen-bond donors (Lipinski definition) is 2. The van der Waals surface area contributed by atoms with Crippen molar-refractivity contribution in [2.45, 2.75) is 51.0 Å². The first-order chi connectivity index (χ1) is 21.1. The number of fused-ring (bicyclic) bond motifs is 1. The maximum absolute atomic E-state index is 14.1. The molecule has 44 heavy (non-hydrogen) atoms. The van der Waals surface area contributed by atoms with E-state index in [1.54, 1.807) is 41.3 Å². The van der Waals surface area contributed by atoms with Gasteiger partial charge >= 0.3 is 6.18 Å². The molecule has 0 spiro atoms. The van der Waals surface area contributed by atoms with E-state index in [1.807, 2.05) is 0 Å². The van der Waals surface area contributed by atoms with Crippen molar-refractivity contribution in [2.24, 2.45) is 5.92 Å². The van der Waals surface area contributed by atoms with E-state index in [4.69, 9.17) is 11.6 Å². The van der Waals surface area contributed by atoms with Crippen LogP contribution in [0.5, 0.6) is 0 Å². The zero-order valence-corrected chi connectivity index (χ0v) is 24.4. The minimum Gasteiger partial charge on any atom is -0.356 e. The summed E-state index contributed by atoms with van der Waals surface area (Å²) in [6.07, 6.45) is -1.20. The number of rotatable bonds is 7. The van der Waals surface area contributed by atoms with Crippen LogP contribution in [-0.4, -0.2) is 58.3 Å². The second kappa shape index (κ2) is 12.2. The fraction of sp³-hybridized carbons (Fsp3) is 0.387. The van der Waals surface area contributed by atoms with Crippen molar-refractivity contribution in [3.05, 3.63) is 76.2 Å². The van der Waals surface area contributed by atoms with Gasteiger partial charge in [0.05, 0.1) is 29.1 Å². The molecule has 13 heteroatoms. The average molecular weight is 627 g/mol. The number of carbonyl (C=O) groups is 3. The van der Waals surface area contributed by atoms with E-state index < -0.39 is 23.7 Å². The first-order valence-corrected chi connectivity index (χ1v) is 14.9. The van der Waals surface area contributed by atoms with E-state index in [0.717, 1.165) is 11.8 Å². The minimum absolute atomic E-state index is 0.0575. The first-order valence-electron chi connectivity index (χ1n) is 14.5. The Labute approximate surface area is 256 Å². The molecule has 3 aromatic rings. The lowest BCUT2D eigenvalue weighted by Gasteiger charge is -2.34. The highest BCUT2D eigenvalue weighted by Crippen LogP contribution is 2.39. The molecule has 2 N–H and O–H groups in total. The van der Waals surface area contributed by atoms with Crippen LogP contribution in [-0.2, 0) is 28.9 Å². The average Bonchev–Trinajstić information content (AvgIpc) is 3.32. The van der Waals surface area contributed by atoms with E-state index in [0.29, 0.717) is 72.8 Å². The summed E-state index contributed by atoms with van der Waals surface area (Å²) in [4.78, 5) is 48.7. The molecule has 6 rings (SSSR count). The monoisotopic (exact) mass is 626 g/mol. The van der Waals surface area contributed by atoms with Gasteiger partial charge in [-0.3, -0.25) is 24.7 Å². The summed E-state index contributed by atoms with van der Waals surface area (Å²) in [6.45, 7) is 2.25. The first kappa shape index (κ1) is 30.0. The van der Waals surface area contributed by atoms with Crippen molar-refractivity contribution >= 4 is 35.1 Å². The molecule has 2 aromatic heterocycles.